The zero-order chi connectivity index (χ0) is 16.7. The molecule has 0 bridgehead atoms. The van der Waals surface area contributed by atoms with Gasteiger partial charge in [-0.25, -0.2) is 4.39 Å². The molecular formula is C18H21FN2O2. The van der Waals surface area contributed by atoms with Crippen LogP contribution in [0.3, 0.4) is 0 Å². The molecule has 5 heteroatoms. The van der Waals surface area contributed by atoms with Crippen LogP contribution < -0.4 is 15.8 Å². The van der Waals surface area contributed by atoms with Crippen LogP contribution in [0.5, 0.6) is 5.75 Å². The molecule has 0 heterocycles. The normalized spacial score (nSPS) is 13.2. The molecule has 3 N–H and O–H groups in total. The molecule has 0 aromatic heterocycles. The van der Waals surface area contributed by atoms with Crippen LogP contribution in [-0.4, -0.2) is 18.6 Å². The topological polar surface area (TPSA) is 64.4 Å². The Labute approximate surface area is 135 Å². The SMILES string of the molecule is CCC(CNC(=O)C(N)c1ccccc1)Oc1cccc(F)c1. The van der Waals surface area contributed by atoms with E-state index in [9.17, 15) is 9.18 Å². The monoisotopic (exact) mass is 316 g/mol. The maximum atomic E-state index is 13.2. The maximum Gasteiger partial charge on any atom is 0.241 e. The first-order valence-electron chi connectivity index (χ1n) is 7.60. The number of benzene rings is 2. The lowest BCUT2D eigenvalue weighted by Gasteiger charge is -2.19. The third-order valence-electron chi connectivity index (χ3n) is 3.50. The van der Waals surface area contributed by atoms with E-state index in [2.05, 4.69) is 5.32 Å². The van der Waals surface area contributed by atoms with Crippen molar-refractivity contribution < 1.29 is 13.9 Å². The van der Waals surface area contributed by atoms with Crippen LogP contribution in [-0.2, 0) is 4.79 Å². The Kier molecular flexibility index (Phi) is 6.11. The van der Waals surface area contributed by atoms with Gasteiger partial charge in [0.1, 0.15) is 23.7 Å². The average Bonchev–Trinajstić information content (AvgIpc) is 2.58. The van der Waals surface area contributed by atoms with E-state index in [1.54, 1.807) is 12.1 Å². The zero-order valence-electron chi connectivity index (χ0n) is 13.0. The summed E-state index contributed by atoms with van der Waals surface area (Å²) in [7, 11) is 0. The largest absolute Gasteiger partial charge is 0.489 e. The minimum atomic E-state index is -0.720. The molecule has 2 unspecified atom stereocenters. The number of carbonyl (C=O) groups excluding carboxylic acids is 1. The van der Waals surface area contributed by atoms with Gasteiger partial charge in [0.05, 0.1) is 6.54 Å². The Hall–Kier alpha value is -2.40. The summed E-state index contributed by atoms with van der Waals surface area (Å²) in [5.74, 6) is -0.177. The number of hydrogen-bond acceptors (Lipinski definition) is 3. The molecule has 0 aliphatic heterocycles. The number of amides is 1. The van der Waals surface area contributed by atoms with E-state index in [-0.39, 0.29) is 17.8 Å². The number of ether oxygens (including phenoxy) is 1. The summed E-state index contributed by atoms with van der Waals surface area (Å²) < 4.78 is 18.8. The molecule has 2 aromatic carbocycles. The second kappa shape index (κ2) is 8.29. The first kappa shape index (κ1) is 17.0. The fourth-order valence-electron chi connectivity index (χ4n) is 2.14. The van der Waals surface area contributed by atoms with Crippen molar-refractivity contribution in [2.75, 3.05) is 6.54 Å². The van der Waals surface area contributed by atoms with E-state index in [0.717, 1.165) is 5.56 Å². The van der Waals surface area contributed by atoms with Gasteiger partial charge >= 0.3 is 0 Å². The summed E-state index contributed by atoms with van der Waals surface area (Å²) >= 11 is 0. The number of nitrogens with two attached hydrogens (primary N) is 1. The molecule has 0 aliphatic rings. The molecule has 0 fully saturated rings. The molecule has 0 saturated heterocycles. The highest BCUT2D eigenvalue weighted by molar-refractivity contribution is 5.82. The van der Waals surface area contributed by atoms with Gasteiger partial charge in [-0.2, -0.15) is 0 Å². The fraction of sp³-hybridized carbons (Fsp3) is 0.278. The molecule has 122 valence electrons. The van der Waals surface area contributed by atoms with E-state index < -0.39 is 6.04 Å². The molecule has 0 aliphatic carbocycles. The lowest BCUT2D eigenvalue weighted by molar-refractivity contribution is -0.122. The van der Waals surface area contributed by atoms with Crippen molar-refractivity contribution in [2.24, 2.45) is 5.73 Å². The summed E-state index contributed by atoms with van der Waals surface area (Å²) in [4.78, 5) is 12.1. The standard InChI is InChI=1S/C18H21FN2O2/c1-2-15(23-16-10-6-9-14(19)11-16)12-21-18(22)17(20)13-7-4-3-5-8-13/h3-11,15,17H,2,12,20H2,1H3,(H,21,22). The molecule has 0 radical (unpaired) electrons. The first-order valence-corrected chi connectivity index (χ1v) is 7.60. The number of nitrogens with one attached hydrogen (secondary N) is 1. The molecule has 1 amide bonds. The Morgan fingerprint density at radius 1 is 1.22 bits per heavy atom. The van der Waals surface area contributed by atoms with Gasteiger partial charge in [-0.05, 0) is 24.1 Å². The Balaban J connectivity index is 1.88. The predicted octanol–water partition coefficient (Wildman–Crippen LogP) is 2.80. The van der Waals surface area contributed by atoms with Gasteiger partial charge < -0.3 is 15.8 Å². The summed E-state index contributed by atoms with van der Waals surface area (Å²) in [6.07, 6.45) is 0.431. The van der Waals surface area contributed by atoms with Crippen LogP contribution in [0.2, 0.25) is 0 Å². The lowest BCUT2D eigenvalue weighted by Crippen LogP contribution is -2.40. The first-order chi connectivity index (χ1) is 11.1. The van der Waals surface area contributed by atoms with Crippen molar-refractivity contribution in [1.82, 2.24) is 5.32 Å². The summed E-state index contributed by atoms with van der Waals surface area (Å²) in [5.41, 5.74) is 6.69. The van der Waals surface area contributed by atoms with Crippen molar-refractivity contribution in [1.29, 1.82) is 0 Å². The number of halogens is 1. The number of rotatable bonds is 7. The van der Waals surface area contributed by atoms with Crippen LogP contribution in [0.25, 0.3) is 0 Å². The van der Waals surface area contributed by atoms with Gasteiger partial charge in [-0.15, -0.1) is 0 Å². The van der Waals surface area contributed by atoms with Crippen molar-refractivity contribution in [3.05, 3.63) is 66.0 Å². The molecule has 0 spiro atoms. The third-order valence-corrected chi connectivity index (χ3v) is 3.50. The second-order valence-corrected chi connectivity index (χ2v) is 5.24. The van der Waals surface area contributed by atoms with Crippen molar-refractivity contribution in [3.63, 3.8) is 0 Å². The number of carbonyl (C=O) groups is 1. The molecule has 4 nitrogen and oxygen atoms in total. The van der Waals surface area contributed by atoms with Gasteiger partial charge in [-0.3, -0.25) is 4.79 Å². The van der Waals surface area contributed by atoms with Gasteiger partial charge in [0.15, 0.2) is 0 Å². The van der Waals surface area contributed by atoms with Gasteiger partial charge in [0.2, 0.25) is 5.91 Å². The van der Waals surface area contributed by atoms with E-state index in [1.807, 2.05) is 37.3 Å². The van der Waals surface area contributed by atoms with Crippen LogP contribution >= 0.6 is 0 Å². The Morgan fingerprint density at radius 2 is 1.96 bits per heavy atom. The van der Waals surface area contributed by atoms with E-state index in [0.29, 0.717) is 18.7 Å². The molecule has 23 heavy (non-hydrogen) atoms. The van der Waals surface area contributed by atoms with Crippen LogP contribution in [0.1, 0.15) is 24.9 Å². The van der Waals surface area contributed by atoms with Crippen molar-refractivity contribution in [3.8, 4) is 5.75 Å². The van der Waals surface area contributed by atoms with Gasteiger partial charge in [-0.1, -0.05) is 43.3 Å². The lowest BCUT2D eigenvalue weighted by atomic mass is 10.1. The number of hydrogen-bond donors (Lipinski definition) is 2. The second-order valence-electron chi connectivity index (χ2n) is 5.24. The minimum Gasteiger partial charge on any atom is -0.489 e. The molecule has 2 aromatic rings. The highest BCUT2D eigenvalue weighted by Crippen LogP contribution is 2.15. The fourth-order valence-corrected chi connectivity index (χ4v) is 2.14. The predicted molar refractivity (Wildman–Crippen MR) is 87.5 cm³/mol. The highest BCUT2D eigenvalue weighted by atomic mass is 19.1. The smallest absolute Gasteiger partial charge is 0.241 e. The van der Waals surface area contributed by atoms with E-state index in [4.69, 9.17) is 10.5 Å². The average molecular weight is 316 g/mol. The molecular weight excluding hydrogens is 295 g/mol. The quantitative estimate of drug-likeness (QED) is 0.825. The minimum absolute atomic E-state index is 0.247. The van der Waals surface area contributed by atoms with Gasteiger partial charge in [0.25, 0.3) is 0 Å². The van der Waals surface area contributed by atoms with Crippen molar-refractivity contribution in [2.45, 2.75) is 25.5 Å². The Bertz CT molecular complexity index is 634. The van der Waals surface area contributed by atoms with Crippen molar-refractivity contribution >= 4 is 5.91 Å². The Morgan fingerprint density at radius 3 is 2.61 bits per heavy atom. The maximum absolute atomic E-state index is 13.2. The van der Waals surface area contributed by atoms with Crippen LogP contribution in [0.4, 0.5) is 4.39 Å². The van der Waals surface area contributed by atoms with E-state index >= 15 is 0 Å². The van der Waals surface area contributed by atoms with Crippen LogP contribution in [0, 0.1) is 5.82 Å². The summed E-state index contributed by atoms with van der Waals surface area (Å²) in [5, 5.41) is 2.78. The summed E-state index contributed by atoms with van der Waals surface area (Å²) in [6.45, 7) is 2.25. The van der Waals surface area contributed by atoms with Crippen LogP contribution in [0.15, 0.2) is 54.6 Å². The molecule has 2 atom stereocenters. The molecule has 0 saturated carbocycles. The zero-order valence-corrected chi connectivity index (χ0v) is 13.0. The summed E-state index contributed by atoms with van der Waals surface area (Å²) in [6, 6.07) is 14.4. The van der Waals surface area contributed by atoms with Gasteiger partial charge in [0, 0.05) is 6.07 Å². The van der Waals surface area contributed by atoms with E-state index in [1.165, 1.54) is 12.1 Å². The molecule has 2 rings (SSSR count). The third kappa shape index (κ3) is 5.07. The highest BCUT2D eigenvalue weighted by Gasteiger charge is 2.17.